The molecule has 6 aromatic rings. The largest absolute Gasteiger partial charge is 0.513 e. The minimum atomic E-state index is -2.00. The standard InChI is InChI=1S/C61H68N16O20S2/c1-3-33-34-18-32(11-12-38(34)71-47-35(33)24-77-43(47)19-37-36(55(77)89)26-96-57(92)61(37,94)4-2)97-60(93)95-16-17-98-99-27-31(25-78)69-52(86)42(21-46(82)83)74-51(85)39(6-5-15-65-58(62)63)72-53(87)41(20-45(80)81)70-44(79)14-13-40(56(90)91)73-50(84)28-7-9-29(10-8-28)66-22-30-23-67-49-48(68-30)54(88)76-59(64)75-49/h7-12,18-19,23,25,31,39-42,66,94H,3-6,13-17,20-22,24,26-27H2,1-2H3,(H,69,86)(H,70,79)(H,72,87)(H,73,84)(H,74,85)(H,80,81)(H,82,83)(H,90,91)(H4,62,63,65)(H3,64,67,75,76,88)/t31-,39+,40+,41-,42-,61?/m0/s1. The van der Waals surface area contributed by atoms with Crippen molar-refractivity contribution < 1.29 is 87.4 Å². The number of H-pyrrole nitrogens is 1. The van der Waals surface area contributed by atoms with Crippen molar-refractivity contribution in [3.05, 3.63) is 109 Å². The number of carbonyl (C=O) groups is 11. The van der Waals surface area contributed by atoms with Crippen molar-refractivity contribution in [1.29, 1.82) is 5.41 Å². The molecule has 36 nitrogen and oxygen atoms in total. The van der Waals surface area contributed by atoms with Crippen LogP contribution in [-0.2, 0) is 84.3 Å². The number of aldehydes is 1. The van der Waals surface area contributed by atoms with Crippen LogP contribution in [0.2, 0.25) is 0 Å². The van der Waals surface area contributed by atoms with Crippen molar-refractivity contribution in [3.8, 4) is 17.1 Å². The molecular formula is C61H68N16O20S2. The maximum atomic E-state index is 13.9. The Hall–Kier alpha value is -11.3. The number of amides is 5. The third kappa shape index (κ3) is 18.6. The predicted molar refractivity (Wildman–Crippen MR) is 352 cm³/mol. The molecule has 5 amide bonds. The number of aromatic amines is 1. The zero-order chi connectivity index (χ0) is 71.8. The van der Waals surface area contributed by atoms with E-state index >= 15 is 0 Å². The van der Waals surface area contributed by atoms with Crippen LogP contribution in [0.1, 0.15) is 97.1 Å². The lowest BCUT2D eigenvalue weighted by Gasteiger charge is -2.31. The lowest BCUT2D eigenvalue weighted by atomic mass is 9.86. The molecular weight excluding hydrogens is 1340 g/mol. The molecule has 8 rings (SSSR count). The van der Waals surface area contributed by atoms with Crippen LogP contribution in [0.15, 0.2) is 64.3 Å². The number of benzene rings is 2. The molecule has 0 fully saturated rings. The van der Waals surface area contributed by atoms with E-state index in [1.54, 1.807) is 25.1 Å². The Morgan fingerprint density at radius 1 is 0.848 bits per heavy atom. The average molecular weight is 1410 g/mol. The van der Waals surface area contributed by atoms with Gasteiger partial charge in [0.2, 0.25) is 29.6 Å². The van der Waals surface area contributed by atoms with Crippen LogP contribution in [0.4, 0.5) is 16.4 Å². The lowest BCUT2D eigenvalue weighted by Crippen LogP contribution is -2.58. The summed E-state index contributed by atoms with van der Waals surface area (Å²) in [4.78, 5) is 187. The van der Waals surface area contributed by atoms with Crippen LogP contribution in [0.25, 0.3) is 33.5 Å². The second-order valence-electron chi connectivity index (χ2n) is 22.4. The fourth-order valence-corrected chi connectivity index (χ4v) is 12.6. The number of nitrogens with two attached hydrogens (primary N) is 2. The van der Waals surface area contributed by atoms with Crippen molar-refractivity contribution in [2.24, 2.45) is 5.73 Å². The van der Waals surface area contributed by atoms with Crippen LogP contribution in [0.5, 0.6) is 5.75 Å². The first-order chi connectivity index (χ1) is 47.2. The van der Waals surface area contributed by atoms with E-state index < -0.39 is 138 Å². The smallest absolute Gasteiger partial charge is 0.481 e. The molecule has 0 radical (unpaired) electrons. The molecule has 38 heteroatoms. The monoisotopic (exact) mass is 1410 g/mol. The van der Waals surface area contributed by atoms with Gasteiger partial charge in [-0.1, -0.05) is 35.4 Å². The van der Waals surface area contributed by atoms with Crippen molar-refractivity contribution in [2.75, 3.05) is 35.7 Å². The Bertz CT molecular complexity index is 4310. The molecule has 6 heterocycles. The number of anilines is 2. The molecule has 2 aliphatic heterocycles. The number of pyridine rings is 2. The Labute approximate surface area is 567 Å². The highest BCUT2D eigenvalue weighted by molar-refractivity contribution is 8.76. The molecule has 17 N–H and O–H groups in total. The Kier molecular flexibility index (Phi) is 24.6. The molecule has 6 atom stereocenters. The number of nitrogens with zero attached hydrogens (tertiary/aromatic N) is 5. The fourth-order valence-electron chi connectivity index (χ4n) is 10.6. The van der Waals surface area contributed by atoms with Crippen LogP contribution in [0, 0.1) is 5.41 Å². The first kappa shape index (κ1) is 73.5. The molecule has 1 unspecified atom stereocenters. The number of carbonyl (C=O) groups excluding carboxylic acids is 8. The second kappa shape index (κ2) is 33.1. The van der Waals surface area contributed by atoms with E-state index in [0.29, 0.717) is 46.4 Å². The SMILES string of the molecule is CCc1c2c(nc3ccc(OC(=O)OCCSSC[C@H](C=O)NC(=O)[C@H](CC(=O)O)NC(=O)[C@@H](CCCNC(=N)N)NC(=O)[C@H](CC(=O)O)NC(=O)CC[C@@H](NC(=O)c4ccc(NCc5cnc6nc(N)[nH]c(=O)c6n5)cc4)C(=O)O)cc13)-c1cc3c(c(=O)n1C2)COC(=O)C3(O)CC. The zero-order valence-electron chi connectivity index (χ0n) is 52.8. The molecule has 4 aromatic heterocycles. The number of aromatic nitrogens is 6. The van der Waals surface area contributed by atoms with Crippen LogP contribution in [-0.4, -0.2) is 177 Å². The van der Waals surface area contributed by atoms with Crippen molar-refractivity contribution in [3.63, 3.8) is 0 Å². The Morgan fingerprint density at radius 3 is 2.22 bits per heavy atom. The minimum absolute atomic E-state index is 0.0102. The number of hydrogen-bond acceptors (Lipinski definition) is 26. The molecule has 0 spiro atoms. The van der Waals surface area contributed by atoms with Crippen LogP contribution < -0.4 is 64.5 Å². The van der Waals surface area contributed by atoms with E-state index in [1.807, 2.05) is 6.92 Å². The number of nitrogen functional groups attached to an aromatic ring is 1. The van der Waals surface area contributed by atoms with Crippen molar-refractivity contribution >= 4 is 127 Å². The lowest BCUT2D eigenvalue weighted by molar-refractivity contribution is -0.172. The summed E-state index contributed by atoms with van der Waals surface area (Å²) in [6, 6.07) is 3.64. The molecule has 0 bridgehead atoms. The summed E-state index contributed by atoms with van der Waals surface area (Å²) in [6.45, 7) is 3.25. The molecule has 0 aliphatic carbocycles. The van der Waals surface area contributed by atoms with E-state index in [2.05, 4.69) is 57.2 Å². The number of carboxylic acids is 3. The summed E-state index contributed by atoms with van der Waals surface area (Å²) in [6.07, 6.45) is -2.57. The quantitative estimate of drug-likeness (QED) is 0.00471. The van der Waals surface area contributed by atoms with Gasteiger partial charge in [-0.2, -0.15) is 4.98 Å². The molecule has 0 saturated heterocycles. The molecule has 0 saturated carbocycles. The van der Waals surface area contributed by atoms with Gasteiger partial charge in [0, 0.05) is 52.2 Å². The number of aryl methyl sites for hydroxylation is 1. The number of aliphatic hydroxyl groups is 1. The maximum Gasteiger partial charge on any atom is 0.513 e. The molecule has 2 aromatic carbocycles. The number of carboxylic acid groups (broad SMARTS) is 3. The average Bonchev–Trinajstić information content (AvgIpc) is 1.62. The molecule has 524 valence electrons. The fraction of sp³-hybridized carbons (Fsp3) is 0.377. The van der Waals surface area contributed by atoms with Crippen LogP contribution >= 0.6 is 21.6 Å². The van der Waals surface area contributed by atoms with Gasteiger partial charge in [0.05, 0.1) is 66.3 Å². The van der Waals surface area contributed by atoms with E-state index in [0.717, 1.165) is 32.7 Å². The zero-order valence-corrected chi connectivity index (χ0v) is 54.4. The number of guanidine groups is 1. The third-order valence-electron chi connectivity index (χ3n) is 15.6. The number of nitrogens with one attached hydrogen (secondary N) is 9. The second-order valence-corrected chi connectivity index (χ2v) is 25.0. The number of rotatable bonds is 34. The number of cyclic esters (lactones) is 1. The van der Waals surface area contributed by atoms with E-state index in [9.17, 15) is 82.8 Å². The minimum Gasteiger partial charge on any atom is -0.481 e. The number of fused-ring (bicyclic) bond motifs is 6. The van der Waals surface area contributed by atoms with Gasteiger partial charge in [-0.3, -0.25) is 53.5 Å². The molecule has 2 aliphatic rings. The van der Waals surface area contributed by atoms with Crippen molar-refractivity contribution in [1.82, 2.24) is 61.4 Å². The third-order valence-corrected chi connectivity index (χ3v) is 18.0. The van der Waals surface area contributed by atoms with Crippen molar-refractivity contribution in [2.45, 2.75) is 121 Å². The van der Waals surface area contributed by atoms with E-state index in [1.165, 1.54) is 41.1 Å². The van der Waals surface area contributed by atoms with Gasteiger partial charge in [-0.15, -0.1) is 0 Å². The first-order valence-corrected chi connectivity index (χ1v) is 33.0. The van der Waals surface area contributed by atoms with Gasteiger partial charge in [-0.25, -0.2) is 29.3 Å². The first-order valence-electron chi connectivity index (χ1n) is 30.5. The van der Waals surface area contributed by atoms with Gasteiger partial charge >= 0.3 is 30.0 Å². The number of hydrogen-bond donors (Lipinski definition) is 15. The van der Waals surface area contributed by atoms with E-state index in [-0.39, 0.29) is 103 Å². The molecule has 99 heavy (non-hydrogen) atoms. The number of aliphatic carboxylic acids is 3. The Morgan fingerprint density at radius 2 is 1.55 bits per heavy atom. The van der Waals surface area contributed by atoms with Crippen LogP contribution in [0.3, 0.4) is 0 Å². The summed E-state index contributed by atoms with van der Waals surface area (Å²) >= 11 is 0. The maximum absolute atomic E-state index is 13.9. The van der Waals surface area contributed by atoms with Gasteiger partial charge in [0.15, 0.2) is 22.7 Å². The topological polar surface area (TPSA) is 563 Å². The van der Waals surface area contributed by atoms with Gasteiger partial charge < -0.3 is 92.7 Å². The highest BCUT2D eigenvalue weighted by atomic mass is 33.1. The number of ether oxygens (including phenoxy) is 3. The highest BCUT2D eigenvalue weighted by Gasteiger charge is 2.46. The van der Waals surface area contributed by atoms with Gasteiger partial charge in [0.1, 0.15) is 49.4 Å². The Balaban J connectivity index is 0.802. The summed E-state index contributed by atoms with van der Waals surface area (Å²) in [5, 5.41) is 65.7. The summed E-state index contributed by atoms with van der Waals surface area (Å²) in [5.41, 5.74) is 12.2. The number of esters is 1. The summed E-state index contributed by atoms with van der Waals surface area (Å²) in [5.74, 6) is -11.5. The summed E-state index contributed by atoms with van der Waals surface area (Å²) in [7, 11) is 2.18. The van der Waals surface area contributed by atoms with Gasteiger partial charge in [-0.05, 0) is 86.2 Å². The van der Waals surface area contributed by atoms with Gasteiger partial charge in [0.25, 0.3) is 17.0 Å². The summed E-state index contributed by atoms with van der Waals surface area (Å²) < 4.78 is 17.4. The normalized spacial score (nSPS) is 15.0. The van der Waals surface area contributed by atoms with E-state index in [4.69, 9.17) is 36.1 Å². The highest BCUT2D eigenvalue weighted by Crippen LogP contribution is 2.41. The predicted octanol–water partition coefficient (Wildman–Crippen LogP) is -0.226.